The Labute approximate surface area is 229 Å². The van der Waals surface area contributed by atoms with Gasteiger partial charge in [-0.3, -0.25) is 0 Å². The van der Waals surface area contributed by atoms with E-state index >= 15 is 0 Å². The molecule has 1 spiro atoms. The van der Waals surface area contributed by atoms with E-state index in [1.54, 1.807) is 0 Å². The normalized spacial score (nSPS) is 27.5. The summed E-state index contributed by atoms with van der Waals surface area (Å²) in [4.78, 5) is 2.22. The van der Waals surface area contributed by atoms with E-state index in [0.29, 0.717) is 5.92 Å². The first kappa shape index (κ1) is 22.6. The zero-order valence-electron chi connectivity index (χ0n) is 21.9. The van der Waals surface area contributed by atoms with Gasteiger partial charge < -0.3 is 25.0 Å². The number of nitrogens with one attached hydrogen (secondary N) is 2. The number of benzene rings is 3. The number of fused-ring (bicyclic) bond motifs is 8. The van der Waals surface area contributed by atoms with Crippen molar-refractivity contribution >= 4 is 5.70 Å². The molecule has 2 N–H and O–H groups in total. The van der Waals surface area contributed by atoms with Crippen molar-refractivity contribution in [3.05, 3.63) is 131 Å². The van der Waals surface area contributed by atoms with Gasteiger partial charge in [-0.2, -0.15) is 0 Å². The maximum atomic E-state index is 6.84. The van der Waals surface area contributed by atoms with Gasteiger partial charge in [-0.25, -0.2) is 0 Å². The van der Waals surface area contributed by atoms with E-state index in [4.69, 9.17) is 9.47 Å². The second kappa shape index (κ2) is 8.57. The zero-order chi connectivity index (χ0) is 26.0. The molecule has 0 aromatic heterocycles. The molecule has 3 aromatic rings. The molecular weight excluding hydrogens is 482 g/mol. The van der Waals surface area contributed by atoms with Crippen molar-refractivity contribution in [3.63, 3.8) is 0 Å². The van der Waals surface area contributed by atoms with Crippen LogP contribution in [-0.4, -0.2) is 31.3 Å². The first-order valence-corrected chi connectivity index (χ1v) is 13.9. The van der Waals surface area contributed by atoms with Gasteiger partial charge >= 0.3 is 0 Å². The Bertz CT molecular complexity index is 1600. The van der Waals surface area contributed by atoms with Crippen molar-refractivity contribution in [3.8, 4) is 17.2 Å². The molecule has 4 atom stereocenters. The van der Waals surface area contributed by atoms with Crippen LogP contribution in [0.3, 0.4) is 0 Å². The molecule has 5 heteroatoms. The van der Waals surface area contributed by atoms with Gasteiger partial charge in [0.05, 0.1) is 17.8 Å². The monoisotopic (exact) mass is 513 g/mol. The highest BCUT2D eigenvalue weighted by Gasteiger charge is 2.56. The fourth-order valence-electron chi connectivity index (χ4n) is 7.26. The highest BCUT2D eigenvalue weighted by atomic mass is 16.5. The molecule has 8 rings (SSSR count). The number of para-hydroxylation sites is 2. The largest absolute Gasteiger partial charge is 0.489 e. The minimum Gasteiger partial charge on any atom is -0.489 e. The number of nitrogens with zero attached hydrogens (tertiary/aromatic N) is 1. The van der Waals surface area contributed by atoms with E-state index in [1.807, 2.05) is 0 Å². The van der Waals surface area contributed by atoms with Gasteiger partial charge in [0.1, 0.15) is 23.4 Å². The van der Waals surface area contributed by atoms with E-state index in [2.05, 4.69) is 126 Å². The molecule has 4 aliphatic heterocycles. The molecule has 5 nitrogen and oxygen atoms in total. The molecule has 5 aliphatic rings. The average molecular weight is 514 g/mol. The van der Waals surface area contributed by atoms with E-state index in [-0.39, 0.29) is 12.0 Å². The van der Waals surface area contributed by atoms with Gasteiger partial charge in [-0.05, 0) is 30.7 Å². The van der Waals surface area contributed by atoms with Crippen LogP contribution < -0.4 is 20.1 Å². The van der Waals surface area contributed by atoms with Gasteiger partial charge in [0.2, 0.25) is 0 Å². The van der Waals surface area contributed by atoms with Crippen molar-refractivity contribution in [2.75, 3.05) is 20.3 Å². The summed E-state index contributed by atoms with van der Waals surface area (Å²) in [6.07, 6.45) is 14.4. The lowest BCUT2D eigenvalue weighted by Gasteiger charge is -2.52. The summed E-state index contributed by atoms with van der Waals surface area (Å²) >= 11 is 0. The number of hydrogen-bond donors (Lipinski definition) is 2. The predicted octanol–water partition coefficient (Wildman–Crippen LogP) is 5.91. The molecular formula is C34H31N3O2. The Morgan fingerprint density at radius 2 is 1.69 bits per heavy atom. The maximum Gasteiger partial charge on any atom is 0.132 e. The first-order chi connectivity index (χ1) is 19.2. The average Bonchev–Trinajstić information content (AvgIpc) is 3.42. The summed E-state index contributed by atoms with van der Waals surface area (Å²) in [5.74, 6) is 3.22. The van der Waals surface area contributed by atoms with Crippen LogP contribution in [-0.2, 0) is 5.41 Å². The number of dihydropyridines is 1. The predicted molar refractivity (Wildman–Crippen MR) is 153 cm³/mol. The Kier molecular flexibility index (Phi) is 4.96. The summed E-state index contributed by atoms with van der Waals surface area (Å²) in [5, 5.41) is 6.91. The lowest BCUT2D eigenvalue weighted by atomic mass is 9.56. The van der Waals surface area contributed by atoms with Crippen LogP contribution in [0, 0.1) is 11.8 Å². The highest BCUT2D eigenvalue weighted by molar-refractivity contribution is 5.72. The van der Waals surface area contributed by atoms with E-state index in [0.717, 1.165) is 42.4 Å². The number of rotatable bonds is 2. The molecule has 0 amide bonds. The first-order valence-electron chi connectivity index (χ1n) is 13.9. The second-order valence-corrected chi connectivity index (χ2v) is 11.0. The highest BCUT2D eigenvalue weighted by Crippen LogP contribution is 2.62. The van der Waals surface area contributed by atoms with Crippen LogP contribution in [0.1, 0.15) is 28.7 Å². The topological polar surface area (TPSA) is 45.8 Å². The standard InChI is InChI=1S/C34H31N3O2/c1-37-21-35-20-29(37)23-14-16-27-33(19-23)39-31-12-5-3-9-25(31)34(27)24-8-2-4-11-30(24)38-32-18-22(13-15-26(32)34)28-10-6-7-17-36-28/h2-16,19-20,22,26,32,35-36H,17-18,21H2,1H3. The minimum absolute atomic E-state index is 0.0232. The summed E-state index contributed by atoms with van der Waals surface area (Å²) < 4.78 is 13.5. The van der Waals surface area contributed by atoms with Crippen LogP contribution in [0.15, 0.2) is 109 Å². The fourth-order valence-corrected chi connectivity index (χ4v) is 7.26. The maximum absolute atomic E-state index is 6.84. The summed E-state index contributed by atoms with van der Waals surface area (Å²) in [7, 11) is 2.11. The Morgan fingerprint density at radius 1 is 0.897 bits per heavy atom. The van der Waals surface area contributed by atoms with E-state index in [1.165, 1.54) is 28.1 Å². The SMILES string of the molecule is CN1CNC=C1c1ccc2c(c1)Oc1ccccc1C21c2ccccc2OC2CC(C3=CC=CCN3)C=CC21. The van der Waals surface area contributed by atoms with Gasteiger partial charge in [0.25, 0.3) is 0 Å². The molecule has 194 valence electrons. The lowest BCUT2D eigenvalue weighted by molar-refractivity contribution is 0.0774. The minimum atomic E-state index is -0.424. The third kappa shape index (κ3) is 3.26. The lowest BCUT2D eigenvalue weighted by Crippen LogP contribution is -2.52. The quantitative estimate of drug-likeness (QED) is 0.417. The Hall–Kier alpha value is -4.38. The third-order valence-electron chi connectivity index (χ3n) is 8.98. The summed E-state index contributed by atoms with van der Waals surface area (Å²) in [6, 6.07) is 23.9. The van der Waals surface area contributed by atoms with Crippen LogP contribution in [0.25, 0.3) is 5.70 Å². The van der Waals surface area contributed by atoms with Crippen LogP contribution in [0.5, 0.6) is 17.2 Å². The summed E-state index contributed by atoms with van der Waals surface area (Å²) in [5.41, 5.74) is 6.77. The molecule has 0 fully saturated rings. The molecule has 0 radical (unpaired) electrons. The molecule has 4 heterocycles. The van der Waals surface area contributed by atoms with Crippen molar-refractivity contribution in [2.45, 2.75) is 17.9 Å². The number of hydrogen-bond acceptors (Lipinski definition) is 5. The van der Waals surface area contributed by atoms with Crippen LogP contribution in [0.4, 0.5) is 0 Å². The second-order valence-electron chi connectivity index (χ2n) is 11.0. The van der Waals surface area contributed by atoms with Crippen molar-refractivity contribution in [1.29, 1.82) is 0 Å². The Morgan fingerprint density at radius 3 is 2.49 bits per heavy atom. The smallest absolute Gasteiger partial charge is 0.132 e. The van der Waals surface area contributed by atoms with Crippen molar-refractivity contribution in [1.82, 2.24) is 15.5 Å². The molecule has 0 saturated carbocycles. The Balaban J connectivity index is 1.36. The van der Waals surface area contributed by atoms with E-state index < -0.39 is 5.41 Å². The fraction of sp³-hybridized carbons (Fsp3) is 0.235. The third-order valence-corrected chi connectivity index (χ3v) is 8.98. The number of allylic oxidation sites excluding steroid dienone is 3. The molecule has 39 heavy (non-hydrogen) atoms. The molecule has 0 bridgehead atoms. The zero-order valence-corrected chi connectivity index (χ0v) is 21.9. The van der Waals surface area contributed by atoms with Crippen LogP contribution in [0.2, 0.25) is 0 Å². The van der Waals surface area contributed by atoms with Gasteiger partial charge in [0, 0.05) is 59.6 Å². The number of ether oxygens (including phenoxy) is 2. The molecule has 3 aromatic carbocycles. The van der Waals surface area contributed by atoms with Crippen molar-refractivity contribution < 1.29 is 9.47 Å². The van der Waals surface area contributed by atoms with Crippen molar-refractivity contribution in [2.24, 2.45) is 11.8 Å². The molecule has 0 saturated heterocycles. The van der Waals surface area contributed by atoms with Gasteiger partial charge in [-0.15, -0.1) is 0 Å². The van der Waals surface area contributed by atoms with Gasteiger partial charge in [0.15, 0.2) is 0 Å². The van der Waals surface area contributed by atoms with Gasteiger partial charge in [-0.1, -0.05) is 72.8 Å². The van der Waals surface area contributed by atoms with Crippen LogP contribution >= 0.6 is 0 Å². The molecule has 1 aliphatic carbocycles. The molecule has 4 unspecified atom stereocenters. The summed E-state index contributed by atoms with van der Waals surface area (Å²) in [6.45, 7) is 1.68. The van der Waals surface area contributed by atoms with E-state index in [9.17, 15) is 0 Å².